The minimum atomic E-state index is -0.0801. The molecule has 1 aromatic carbocycles. The van der Waals surface area contributed by atoms with Crippen molar-refractivity contribution in [2.24, 2.45) is 0 Å². The molecule has 0 aliphatic rings. The van der Waals surface area contributed by atoms with E-state index in [-0.39, 0.29) is 18.2 Å². The van der Waals surface area contributed by atoms with Crippen molar-refractivity contribution in [3.05, 3.63) is 46.4 Å². The van der Waals surface area contributed by atoms with Gasteiger partial charge < -0.3 is 10.6 Å². The van der Waals surface area contributed by atoms with E-state index in [1.807, 2.05) is 42.6 Å². The van der Waals surface area contributed by atoms with E-state index in [1.165, 1.54) is 34.4 Å². The van der Waals surface area contributed by atoms with Crippen LogP contribution in [0.5, 0.6) is 0 Å². The van der Waals surface area contributed by atoms with Gasteiger partial charge in [0, 0.05) is 23.4 Å². The molecule has 2 aromatic heterocycles. The van der Waals surface area contributed by atoms with Gasteiger partial charge in [-0.15, -0.1) is 21.5 Å². The lowest BCUT2D eigenvalue weighted by molar-refractivity contribution is -0.118. The van der Waals surface area contributed by atoms with Crippen LogP contribution in [0.2, 0.25) is 0 Å². The van der Waals surface area contributed by atoms with Crippen LogP contribution in [0.3, 0.4) is 0 Å². The molecule has 0 aliphatic heterocycles. The van der Waals surface area contributed by atoms with Crippen molar-refractivity contribution in [1.29, 1.82) is 0 Å². The first-order chi connectivity index (χ1) is 14.6. The molecule has 0 atom stereocenters. The van der Waals surface area contributed by atoms with Gasteiger partial charge in [0.2, 0.25) is 11.8 Å². The lowest BCUT2D eigenvalue weighted by Gasteiger charge is -2.02. The number of nitrogens with one attached hydrogen (secondary N) is 2. The van der Waals surface area contributed by atoms with Crippen molar-refractivity contribution < 1.29 is 9.59 Å². The molecule has 2 N–H and O–H groups in total. The monoisotopic (exact) mass is 479 g/mol. The van der Waals surface area contributed by atoms with E-state index in [2.05, 4.69) is 25.8 Å². The predicted molar refractivity (Wildman–Crippen MR) is 124 cm³/mol. The normalized spacial score (nSPS) is 10.7. The van der Waals surface area contributed by atoms with Gasteiger partial charge in [-0.3, -0.25) is 9.59 Å². The van der Waals surface area contributed by atoms with Crippen molar-refractivity contribution in [3.8, 4) is 0 Å². The standard InChI is InChI=1S/C19H21N5O2S4/c1-2-8-20-16(26)12-29-19-24-23-18(30-19)28-11-14-10-27-17(22-14)9-15(25)21-13-6-4-3-5-7-13/h3-7,10H,2,8-9,11-12H2,1H3,(H,20,26)(H,21,25). The van der Waals surface area contributed by atoms with E-state index in [1.54, 1.807) is 11.8 Å². The minimum absolute atomic E-state index is 0.0116. The molecule has 2 amide bonds. The van der Waals surface area contributed by atoms with Gasteiger partial charge in [0.25, 0.3) is 0 Å². The molecule has 0 radical (unpaired) electrons. The van der Waals surface area contributed by atoms with Gasteiger partial charge in [-0.2, -0.15) is 0 Å². The SMILES string of the molecule is CCCNC(=O)CSc1nnc(SCc2csc(CC(=O)Nc3ccccc3)n2)s1. The Balaban J connectivity index is 1.41. The summed E-state index contributed by atoms with van der Waals surface area (Å²) in [7, 11) is 0. The molecule has 30 heavy (non-hydrogen) atoms. The number of para-hydroxylation sites is 1. The number of thiazole rings is 1. The summed E-state index contributed by atoms with van der Waals surface area (Å²) >= 11 is 5.90. The molecule has 3 aromatic rings. The first-order valence-electron chi connectivity index (χ1n) is 9.26. The van der Waals surface area contributed by atoms with Gasteiger partial charge in [0.15, 0.2) is 8.68 Å². The second kappa shape index (κ2) is 12.0. The number of benzene rings is 1. The van der Waals surface area contributed by atoms with Gasteiger partial charge in [0.1, 0.15) is 5.01 Å². The van der Waals surface area contributed by atoms with E-state index in [9.17, 15) is 9.59 Å². The van der Waals surface area contributed by atoms with Crippen LogP contribution in [-0.2, 0) is 21.8 Å². The summed E-state index contributed by atoms with van der Waals surface area (Å²) in [5, 5.41) is 16.7. The second-order valence-electron chi connectivity index (χ2n) is 6.08. The van der Waals surface area contributed by atoms with E-state index in [4.69, 9.17) is 0 Å². The molecule has 0 bridgehead atoms. The number of aromatic nitrogens is 3. The summed E-state index contributed by atoms with van der Waals surface area (Å²) in [6.45, 7) is 2.71. The van der Waals surface area contributed by atoms with Crippen LogP contribution < -0.4 is 10.6 Å². The third-order valence-electron chi connectivity index (χ3n) is 3.60. The van der Waals surface area contributed by atoms with E-state index < -0.39 is 0 Å². The number of rotatable bonds is 11. The fourth-order valence-electron chi connectivity index (χ4n) is 2.25. The molecule has 0 fully saturated rings. The average Bonchev–Trinajstić information content (AvgIpc) is 3.39. The summed E-state index contributed by atoms with van der Waals surface area (Å²) in [6, 6.07) is 9.38. The molecule has 2 heterocycles. The van der Waals surface area contributed by atoms with Crippen molar-refractivity contribution in [2.45, 2.75) is 34.2 Å². The highest BCUT2D eigenvalue weighted by molar-refractivity contribution is 8.03. The zero-order valence-corrected chi connectivity index (χ0v) is 19.6. The highest BCUT2D eigenvalue weighted by Gasteiger charge is 2.11. The predicted octanol–water partition coefficient (Wildman–Crippen LogP) is 4.09. The fourth-order valence-corrected chi connectivity index (χ4v) is 5.89. The quantitative estimate of drug-likeness (QED) is 0.400. The maximum atomic E-state index is 12.1. The molecule has 0 spiro atoms. The van der Waals surface area contributed by atoms with Crippen LogP contribution in [0.15, 0.2) is 44.4 Å². The molecule has 158 valence electrons. The molecule has 7 nitrogen and oxygen atoms in total. The number of thioether (sulfide) groups is 2. The highest BCUT2D eigenvalue weighted by atomic mass is 32.2. The van der Waals surface area contributed by atoms with Crippen molar-refractivity contribution in [2.75, 3.05) is 17.6 Å². The number of carbonyl (C=O) groups excluding carboxylic acids is 2. The van der Waals surface area contributed by atoms with Gasteiger partial charge in [0.05, 0.1) is 17.9 Å². The van der Waals surface area contributed by atoms with E-state index in [0.29, 0.717) is 18.1 Å². The fraction of sp³-hybridized carbons (Fsp3) is 0.316. The molecule has 0 unspecified atom stereocenters. The van der Waals surface area contributed by atoms with Gasteiger partial charge in [-0.1, -0.05) is 60.0 Å². The van der Waals surface area contributed by atoms with Crippen LogP contribution >= 0.6 is 46.2 Å². The molecular weight excluding hydrogens is 459 g/mol. The summed E-state index contributed by atoms with van der Waals surface area (Å²) in [5.41, 5.74) is 1.69. The van der Waals surface area contributed by atoms with Crippen molar-refractivity contribution in [1.82, 2.24) is 20.5 Å². The van der Waals surface area contributed by atoms with Gasteiger partial charge in [-0.25, -0.2) is 4.98 Å². The maximum absolute atomic E-state index is 12.1. The summed E-state index contributed by atoms with van der Waals surface area (Å²) in [6.07, 6.45) is 1.18. The number of anilines is 1. The first-order valence-corrected chi connectivity index (χ1v) is 12.9. The van der Waals surface area contributed by atoms with E-state index in [0.717, 1.165) is 31.5 Å². The Hall–Kier alpha value is -1.95. The Labute approximate surface area is 191 Å². The lowest BCUT2D eigenvalue weighted by Crippen LogP contribution is -2.25. The van der Waals surface area contributed by atoms with Crippen molar-refractivity contribution in [3.63, 3.8) is 0 Å². The Morgan fingerprint density at radius 1 is 1.07 bits per heavy atom. The zero-order valence-electron chi connectivity index (χ0n) is 16.3. The van der Waals surface area contributed by atoms with E-state index >= 15 is 0 Å². The molecular formula is C19H21N5O2S4. The smallest absolute Gasteiger partial charge is 0.231 e. The first kappa shape index (κ1) is 22.7. The second-order valence-corrected chi connectivity index (χ2v) is 10.4. The molecule has 3 rings (SSSR count). The number of hydrogen-bond donors (Lipinski definition) is 2. The summed E-state index contributed by atoms with van der Waals surface area (Å²) in [5.74, 6) is 0.938. The number of carbonyl (C=O) groups is 2. The summed E-state index contributed by atoms with van der Waals surface area (Å²) < 4.78 is 1.61. The Morgan fingerprint density at radius 3 is 2.60 bits per heavy atom. The zero-order chi connectivity index (χ0) is 21.2. The Kier molecular flexibility index (Phi) is 9.12. The number of amides is 2. The number of nitrogens with zero attached hydrogens (tertiary/aromatic N) is 3. The highest BCUT2D eigenvalue weighted by Crippen LogP contribution is 2.30. The largest absolute Gasteiger partial charge is 0.355 e. The Bertz CT molecular complexity index is 961. The molecule has 0 saturated heterocycles. The molecule has 11 heteroatoms. The van der Waals surface area contributed by atoms with Gasteiger partial charge >= 0.3 is 0 Å². The third-order valence-corrected chi connectivity index (χ3v) is 7.72. The Morgan fingerprint density at radius 2 is 1.83 bits per heavy atom. The van der Waals surface area contributed by atoms with Crippen LogP contribution in [0, 0.1) is 0 Å². The van der Waals surface area contributed by atoms with Crippen molar-refractivity contribution >= 4 is 63.7 Å². The lowest BCUT2D eigenvalue weighted by atomic mass is 10.3. The van der Waals surface area contributed by atoms with Crippen LogP contribution in [-0.4, -0.2) is 39.3 Å². The molecule has 0 aliphatic carbocycles. The van der Waals surface area contributed by atoms with Gasteiger partial charge in [-0.05, 0) is 18.6 Å². The van der Waals surface area contributed by atoms with Crippen LogP contribution in [0.25, 0.3) is 0 Å². The van der Waals surface area contributed by atoms with Crippen LogP contribution in [0.4, 0.5) is 5.69 Å². The molecule has 0 saturated carbocycles. The topological polar surface area (TPSA) is 96.9 Å². The minimum Gasteiger partial charge on any atom is -0.355 e. The number of hydrogen-bond acceptors (Lipinski definition) is 9. The maximum Gasteiger partial charge on any atom is 0.231 e. The summed E-state index contributed by atoms with van der Waals surface area (Å²) in [4.78, 5) is 28.3. The average molecular weight is 480 g/mol. The third kappa shape index (κ3) is 7.71. The van der Waals surface area contributed by atoms with Crippen LogP contribution in [0.1, 0.15) is 24.0 Å².